The van der Waals surface area contributed by atoms with E-state index in [1.807, 2.05) is 32.1 Å². The van der Waals surface area contributed by atoms with Crippen molar-refractivity contribution in [1.82, 2.24) is 0 Å². The van der Waals surface area contributed by atoms with Crippen molar-refractivity contribution >= 4 is 5.97 Å². The second-order valence-corrected chi connectivity index (χ2v) is 19.0. The average Bonchev–Trinajstić information content (AvgIpc) is 3.58. The molecule has 0 aromatic rings. The van der Waals surface area contributed by atoms with Crippen molar-refractivity contribution in [2.45, 2.75) is 191 Å². The molecular weight excluding hydrogens is 801 g/mol. The fraction of sp³-hybridized carbons (Fsp3) is 0.771. The van der Waals surface area contributed by atoms with Crippen LogP contribution in [-0.4, -0.2) is 139 Å². The second-order valence-electron chi connectivity index (χ2n) is 19.0. The highest BCUT2D eigenvalue weighted by molar-refractivity contribution is 5.78. The van der Waals surface area contributed by atoms with E-state index in [2.05, 4.69) is 39.8 Å². The fourth-order valence-electron chi connectivity index (χ4n) is 10.6. The van der Waals surface area contributed by atoms with Gasteiger partial charge in [0.1, 0.15) is 42.0 Å². The number of carbonyl (C=O) groups is 1. The molecule has 7 aliphatic rings. The molecule has 6 aliphatic heterocycles. The number of allylic oxidation sites excluding steroid dienone is 2. The van der Waals surface area contributed by atoms with Crippen LogP contribution in [0.3, 0.4) is 0 Å². The van der Waals surface area contributed by atoms with Crippen molar-refractivity contribution in [3.05, 3.63) is 59.3 Å². The molecule has 1 aliphatic carbocycles. The van der Waals surface area contributed by atoms with Crippen molar-refractivity contribution in [2.24, 2.45) is 23.7 Å². The molecule has 0 amide bonds. The van der Waals surface area contributed by atoms with Crippen molar-refractivity contribution in [3.8, 4) is 0 Å². The standard InChI is InChI=1S/C48H72O14/c1-11-25(2)43-28(5)17-18-47(62-43)23-34-20-33(61-47)16-15-27(4)42(26(3)13-12-14-32-24-55-45-40(49)29(6)19-35(46(51)58-34)48(32,45)52)59-39-22-37(54-10)44(31(8)57-39)60-38-21-36(53-9)41(50)30(7)56-38/h12-15,17-19,25-26,28,30-31,33-45,49-50,52H,11,16,20-24H2,1-10H3/b13-12-,27-15-,32-14?/t25-,26-,28-,30-,31-,33+,34-,35-,36-,37-,38-,39-,40+,41-,42-,43+,44-,45+,47+,48+/m0/s1. The van der Waals surface area contributed by atoms with Gasteiger partial charge in [-0.1, -0.05) is 70.6 Å². The van der Waals surface area contributed by atoms with E-state index in [0.29, 0.717) is 43.3 Å². The number of aliphatic hydroxyl groups excluding tert-OH is 2. The highest BCUT2D eigenvalue weighted by Crippen LogP contribution is 2.47. The van der Waals surface area contributed by atoms with E-state index in [4.69, 9.17) is 47.4 Å². The van der Waals surface area contributed by atoms with Gasteiger partial charge in [-0.2, -0.15) is 0 Å². The van der Waals surface area contributed by atoms with Crippen LogP contribution in [0.5, 0.6) is 0 Å². The van der Waals surface area contributed by atoms with E-state index in [-0.39, 0.29) is 42.7 Å². The Balaban J connectivity index is 1.18. The summed E-state index contributed by atoms with van der Waals surface area (Å²) in [5, 5.41) is 34.2. The van der Waals surface area contributed by atoms with Crippen molar-refractivity contribution in [3.63, 3.8) is 0 Å². The number of carbonyl (C=O) groups excluding carboxylic acids is 1. The van der Waals surface area contributed by atoms with Crippen LogP contribution >= 0.6 is 0 Å². The molecule has 14 heteroatoms. The molecule has 3 N–H and O–H groups in total. The summed E-state index contributed by atoms with van der Waals surface area (Å²) in [6, 6.07) is 0. The number of fused-ring (bicyclic) bond motifs is 2. The van der Waals surface area contributed by atoms with Crippen molar-refractivity contribution in [1.29, 1.82) is 0 Å². The number of esters is 1. The summed E-state index contributed by atoms with van der Waals surface area (Å²) in [5.74, 6) is -2.56. The first-order valence-electron chi connectivity index (χ1n) is 22.9. The van der Waals surface area contributed by atoms with Crippen LogP contribution in [0.15, 0.2) is 59.3 Å². The maximum absolute atomic E-state index is 14.3. The summed E-state index contributed by atoms with van der Waals surface area (Å²) in [6.07, 6.45) is 8.55. The summed E-state index contributed by atoms with van der Waals surface area (Å²) in [7, 11) is 3.22. The Morgan fingerprint density at radius 1 is 0.887 bits per heavy atom. The van der Waals surface area contributed by atoms with Crippen LogP contribution in [0, 0.1) is 23.7 Å². The molecule has 0 aromatic heterocycles. The van der Waals surface area contributed by atoms with Crippen LogP contribution < -0.4 is 0 Å². The maximum Gasteiger partial charge on any atom is 0.316 e. The first-order valence-corrected chi connectivity index (χ1v) is 22.9. The largest absolute Gasteiger partial charge is 0.462 e. The van der Waals surface area contributed by atoms with E-state index >= 15 is 0 Å². The zero-order valence-corrected chi connectivity index (χ0v) is 38.2. The Kier molecular flexibility index (Phi) is 15.1. The zero-order chi connectivity index (χ0) is 44.7. The molecule has 0 aromatic carbocycles. The predicted octanol–water partition coefficient (Wildman–Crippen LogP) is 5.38. The first kappa shape index (κ1) is 47.6. The van der Waals surface area contributed by atoms with Gasteiger partial charge in [-0.3, -0.25) is 4.79 Å². The summed E-state index contributed by atoms with van der Waals surface area (Å²) >= 11 is 0. The van der Waals surface area contributed by atoms with Gasteiger partial charge in [-0.15, -0.1) is 0 Å². The first-order chi connectivity index (χ1) is 29.5. The lowest BCUT2D eigenvalue weighted by Gasteiger charge is -2.48. The third-order valence-electron chi connectivity index (χ3n) is 14.5. The minimum atomic E-state index is -1.84. The minimum absolute atomic E-state index is 0.0317. The lowest BCUT2D eigenvalue weighted by atomic mass is 9.71. The monoisotopic (exact) mass is 872 g/mol. The summed E-state index contributed by atoms with van der Waals surface area (Å²) < 4.78 is 63.7. The van der Waals surface area contributed by atoms with Gasteiger partial charge in [0.25, 0.3) is 0 Å². The Morgan fingerprint density at radius 2 is 1.60 bits per heavy atom. The van der Waals surface area contributed by atoms with Crippen LogP contribution in [-0.2, 0) is 52.2 Å². The summed E-state index contributed by atoms with van der Waals surface area (Å²) in [5.41, 5.74) is 0.134. The van der Waals surface area contributed by atoms with E-state index in [9.17, 15) is 20.1 Å². The van der Waals surface area contributed by atoms with Gasteiger partial charge in [-0.05, 0) is 62.8 Å². The Bertz CT molecular complexity index is 1730. The second kappa shape index (κ2) is 19.7. The van der Waals surface area contributed by atoms with E-state index in [1.54, 1.807) is 40.2 Å². The molecular formula is C48H72O14. The van der Waals surface area contributed by atoms with Gasteiger partial charge < -0.3 is 62.7 Å². The van der Waals surface area contributed by atoms with E-state index in [0.717, 1.165) is 12.0 Å². The molecule has 14 nitrogen and oxygen atoms in total. The number of ether oxygens (including phenoxy) is 10. The number of rotatable bonds is 8. The quantitative estimate of drug-likeness (QED) is 0.210. The highest BCUT2D eigenvalue weighted by atomic mass is 16.7. The zero-order valence-electron chi connectivity index (χ0n) is 38.2. The van der Waals surface area contributed by atoms with Crippen LogP contribution in [0.25, 0.3) is 0 Å². The van der Waals surface area contributed by atoms with Crippen molar-refractivity contribution < 1.29 is 67.5 Å². The number of hydrogen-bond acceptors (Lipinski definition) is 14. The molecule has 4 fully saturated rings. The SMILES string of the molecule is CC[C@H](C)[C@H]1O[C@]2(C=C[C@@H]1C)C[C@@H]1C[C@@H](C/C=C(/C)[C@@H](O[C@H]3C[C@H](OC)[C@@H](O[C@H]4C[C@H](OC)[C@@H](O)[C@H](C)O4)[C@H](C)O3)[C@@H](C)/C=C\C=C3CO[C@@H]4[C@H](O)C(C)=C[C@@H](C(=O)O1)[C@]34O)O2. The Labute approximate surface area is 367 Å². The number of methoxy groups -OCH3 is 2. The van der Waals surface area contributed by atoms with Gasteiger partial charge in [-0.25, -0.2) is 0 Å². The fourth-order valence-corrected chi connectivity index (χ4v) is 10.6. The third-order valence-corrected chi connectivity index (χ3v) is 14.5. The molecule has 0 saturated carbocycles. The lowest BCUT2D eigenvalue weighted by Crippen LogP contribution is -2.58. The van der Waals surface area contributed by atoms with Crippen LogP contribution in [0.1, 0.15) is 93.9 Å². The molecule has 6 heterocycles. The van der Waals surface area contributed by atoms with E-state index in [1.165, 1.54) is 0 Å². The topological polar surface area (TPSA) is 170 Å². The molecule has 4 saturated heterocycles. The maximum atomic E-state index is 14.3. The van der Waals surface area contributed by atoms with Gasteiger partial charge >= 0.3 is 5.97 Å². The summed E-state index contributed by atoms with van der Waals surface area (Å²) in [6.45, 7) is 16.1. The van der Waals surface area contributed by atoms with E-state index < -0.39 is 90.8 Å². The van der Waals surface area contributed by atoms with Gasteiger partial charge in [0, 0.05) is 51.7 Å². The molecule has 1 spiro atoms. The molecule has 20 atom stereocenters. The van der Waals surface area contributed by atoms with Gasteiger partial charge in [0.15, 0.2) is 18.4 Å². The molecule has 0 radical (unpaired) electrons. The molecule has 7 rings (SSSR count). The van der Waals surface area contributed by atoms with Crippen LogP contribution in [0.2, 0.25) is 0 Å². The molecule has 62 heavy (non-hydrogen) atoms. The third kappa shape index (κ3) is 9.64. The van der Waals surface area contributed by atoms with Crippen molar-refractivity contribution in [2.75, 3.05) is 20.8 Å². The molecule has 348 valence electrons. The Hall–Kier alpha value is -2.31. The normalized spacial score (nSPS) is 48.3. The molecule has 2 bridgehead atoms. The summed E-state index contributed by atoms with van der Waals surface area (Å²) in [4.78, 5) is 14.3. The minimum Gasteiger partial charge on any atom is -0.462 e. The number of aliphatic hydroxyl groups is 3. The predicted molar refractivity (Wildman–Crippen MR) is 227 cm³/mol. The Morgan fingerprint density at radius 3 is 2.32 bits per heavy atom. The molecule has 0 unspecified atom stereocenters. The smallest absolute Gasteiger partial charge is 0.316 e. The van der Waals surface area contributed by atoms with Crippen LogP contribution in [0.4, 0.5) is 0 Å². The average molecular weight is 873 g/mol. The number of hydrogen-bond donors (Lipinski definition) is 3. The van der Waals surface area contributed by atoms with Gasteiger partial charge in [0.05, 0.1) is 49.3 Å². The van der Waals surface area contributed by atoms with Gasteiger partial charge in [0.2, 0.25) is 0 Å². The highest BCUT2D eigenvalue weighted by Gasteiger charge is 2.60. The lowest BCUT2D eigenvalue weighted by molar-refractivity contribution is -0.318.